The molecule has 4 rings (SSSR count). The fourth-order valence-corrected chi connectivity index (χ4v) is 4.84. The van der Waals surface area contributed by atoms with E-state index in [0.29, 0.717) is 25.9 Å². The van der Waals surface area contributed by atoms with Crippen molar-refractivity contribution in [3.8, 4) is 0 Å². The summed E-state index contributed by atoms with van der Waals surface area (Å²) in [5, 5.41) is 11.6. The van der Waals surface area contributed by atoms with E-state index < -0.39 is 23.2 Å². The number of aliphatic hydroxyl groups is 1. The lowest BCUT2D eigenvalue weighted by Gasteiger charge is -2.33. The van der Waals surface area contributed by atoms with E-state index in [9.17, 15) is 27.2 Å². The lowest BCUT2D eigenvalue weighted by molar-refractivity contribution is -0.137. The largest absolute Gasteiger partial charge is 0.416 e. The number of carbonyl (C=O) groups is 1. The first kappa shape index (κ1) is 29.4. The number of alkyl halides is 3. The summed E-state index contributed by atoms with van der Waals surface area (Å²) in [6, 6.07) is 9.31. The molecule has 1 aliphatic heterocycles. The number of pyridine rings is 1. The Morgan fingerprint density at radius 3 is 2.42 bits per heavy atom. The smallest absolute Gasteiger partial charge is 0.411 e. The van der Waals surface area contributed by atoms with Gasteiger partial charge in [0.25, 0.3) is 5.91 Å². The van der Waals surface area contributed by atoms with Crippen LogP contribution in [0.25, 0.3) is 0 Å². The molecule has 0 bridgehead atoms. The van der Waals surface area contributed by atoms with Crippen LogP contribution >= 0.6 is 11.6 Å². The maximum absolute atomic E-state index is 13.7. The highest BCUT2D eigenvalue weighted by Crippen LogP contribution is 2.35. The van der Waals surface area contributed by atoms with Gasteiger partial charge in [-0.15, -0.1) is 0 Å². The standard InChI is InChI=1S/C28H28ClF4N3O4/c1-17-15-20(28(31,32)33)5-8-23(17)34-25-22(16-36(27(39)24(25)29)40-14-2-13-37)26(38)35-11-9-19(10-12-35)18-3-6-21(30)7-4-18/h3-8,15-16,19,34,37H,2,9-14H2,1H3. The highest BCUT2D eigenvalue weighted by Gasteiger charge is 2.32. The van der Waals surface area contributed by atoms with E-state index in [1.54, 1.807) is 17.0 Å². The summed E-state index contributed by atoms with van der Waals surface area (Å²) in [5.41, 5.74) is -0.240. The molecule has 0 aliphatic carbocycles. The van der Waals surface area contributed by atoms with Crippen LogP contribution in [0.15, 0.2) is 53.5 Å². The molecule has 3 aromatic rings. The Morgan fingerprint density at radius 1 is 1.15 bits per heavy atom. The molecular formula is C28H28ClF4N3O4. The van der Waals surface area contributed by atoms with Gasteiger partial charge in [-0.3, -0.25) is 9.59 Å². The van der Waals surface area contributed by atoms with Gasteiger partial charge in [-0.25, -0.2) is 4.39 Å². The summed E-state index contributed by atoms with van der Waals surface area (Å²) >= 11 is 6.41. The quantitative estimate of drug-likeness (QED) is 0.269. The van der Waals surface area contributed by atoms with Crippen molar-refractivity contribution in [2.24, 2.45) is 0 Å². The molecule has 7 nitrogen and oxygen atoms in total. The van der Waals surface area contributed by atoms with Crippen LogP contribution < -0.4 is 15.7 Å². The number of rotatable bonds is 8. The van der Waals surface area contributed by atoms with Crippen LogP contribution in [0.3, 0.4) is 0 Å². The average Bonchev–Trinajstić information content (AvgIpc) is 2.93. The number of halogens is 5. The van der Waals surface area contributed by atoms with Gasteiger partial charge in [0, 0.05) is 31.8 Å². The predicted molar refractivity (Wildman–Crippen MR) is 143 cm³/mol. The first-order chi connectivity index (χ1) is 19.0. The minimum Gasteiger partial charge on any atom is -0.411 e. The monoisotopic (exact) mass is 581 g/mol. The second-order valence-corrected chi connectivity index (χ2v) is 9.92. The zero-order valence-corrected chi connectivity index (χ0v) is 22.4. The Balaban J connectivity index is 1.65. The number of piperidine rings is 1. The lowest BCUT2D eigenvalue weighted by Crippen LogP contribution is -2.39. The van der Waals surface area contributed by atoms with Gasteiger partial charge in [-0.2, -0.15) is 17.9 Å². The SMILES string of the molecule is Cc1cc(C(F)(F)F)ccc1Nc1c(C(=O)N2CCC(c3ccc(F)cc3)CC2)cn(OCCCO)c(=O)c1Cl. The topological polar surface area (TPSA) is 83.8 Å². The number of hydrogen-bond donors (Lipinski definition) is 2. The van der Waals surface area contributed by atoms with Gasteiger partial charge in [-0.05, 0) is 67.1 Å². The van der Waals surface area contributed by atoms with Gasteiger partial charge in [0.2, 0.25) is 0 Å². The Kier molecular flexibility index (Phi) is 9.05. The summed E-state index contributed by atoms with van der Waals surface area (Å²) in [6.07, 6.45) is -1.86. The van der Waals surface area contributed by atoms with Gasteiger partial charge >= 0.3 is 11.7 Å². The van der Waals surface area contributed by atoms with Crippen LogP contribution in [-0.4, -0.2) is 46.9 Å². The van der Waals surface area contributed by atoms with Crippen molar-refractivity contribution in [3.63, 3.8) is 0 Å². The predicted octanol–water partition coefficient (Wildman–Crippen LogP) is 5.54. The Hall–Kier alpha value is -3.57. The summed E-state index contributed by atoms with van der Waals surface area (Å²) in [6.45, 7) is 2.02. The van der Waals surface area contributed by atoms with E-state index >= 15 is 0 Å². The van der Waals surface area contributed by atoms with E-state index in [4.69, 9.17) is 21.5 Å². The van der Waals surface area contributed by atoms with Crippen molar-refractivity contribution in [2.45, 2.75) is 38.3 Å². The summed E-state index contributed by atoms with van der Waals surface area (Å²) in [4.78, 5) is 33.7. The van der Waals surface area contributed by atoms with E-state index in [2.05, 4.69) is 5.32 Å². The molecular weight excluding hydrogens is 554 g/mol. The minimum atomic E-state index is -4.53. The van der Waals surface area contributed by atoms with E-state index in [-0.39, 0.29) is 58.9 Å². The normalized spacial score (nSPS) is 14.3. The number of carbonyl (C=O) groups excluding carboxylic acids is 1. The van der Waals surface area contributed by atoms with Crippen LogP contribution in [0.1, 0.15) is 52.2 Å². The molecule has 1 aromatic heterocycles. The van der Waals surface area contributed by atoms with Crippen molar-refractivity contribution in [3.05, 3.63) is 92.1 Å². The minimum absolute atomic E-state index is 0.00636. The van der Waals surface area contributed by atoms with Crippen molar-refractivity contribution < 1.29 is 32.3 Å². The van der Waals surface area contributed by atoms with E-state index in [1.807, 2.05) is 0 Å². The molecule has 1 amide bonds. The number of hydrogen-bond acceptors (Lipinski definition) is 5. The number of aryl methyl sites for hydroxylation is 1. The molecule has 2 aromatic carbocycles. The second-order valence-electron chi connectivity index (χ2n) is 9.54. The molecule has 0 radical (unpaired) electrons. The number of nitrogens with zero attached hydrogens (tertiary/aromatic N) is 2. The van der Waals surface area contributed by atoms with Gasteiger partial charge in [-0.1, -0.05) is 23.7 Å². The van der Waals surface area contributed by atoms with E-state index in [0.717, 1.165) is 22.4 Å². The number of likely N-dealkylation sites (tertiary alicyclic amines) is 1. The van der Waals surface area contributed by atoms with Gasteiger partial charge in [0.15, 0.2) is 0 Å². The number of anilines is 2. The van der Waals surface area contributed by atoms with Crippen molar-refractivity contribution in [2.75, 3.05) is 31.6 Å². The highest BCUT2D eigenvalue weighted by atomic mass is 35.5. The maximum Gasteiger partial charge on any atom is 0.416 e. The summed E-state index contributed by atoms with van der Waals surface area (Å²) in [5.74, 6) is -0.643. The van der Waals surface area contributed by atoms with Crippen LogP contribution in [0.5, 0.6) is 0 Å². The third-order valence-electron chi connectivity index (χ3n) is 6.82. The fourth-order valence-electron chi connectivity index (χ4n) is 4.61. The Bertz CT molecular complexity index is 1420. The lowest BCUT2D eigenvalue weighted by atomic mass is 9.89. The average molecular weight is 582 g/mol. The molecule has 1 fully saturated rings. The Labute approximate surface area is 232 Å². The van der Waals surface area contributed by atoms with Crippen molar-refractivity contribution in [1.82, 2.24) is 9.63 Å². The number of aliphatic hydroxyl groups excluding tert-OH is 1. The fraction of sp³-hybridized carbons (Fsp3) is 0.357. The number of amides is 1. The molecule has 0 atom stereocenters. The molecule has 12 heteroatoms. The van der Waals surface area contributed by atoms with Crippen molar-refractivity contribution in [1.29, 1.82) is 0 Å². The van der Waals surface area contributed by atoms with Crippen LogP contribution in [0, 0.1) is 12.7 Å². The van der Waals surface area contributed by atoms with Crippen LogP contribution in [-0.2, 0) is 6.18 Å². The Morgan fingerprint density at radius 2 is 1.82 bits per heavy atom. The zero-order valence-electron chi connectivity index (χ0n) is 21.6. The summed E-state index contributed by atoms with van der Waals surface area (Å²) in [7, 11) is 0. The highest BCUT2D eigenvalue weighted by molar-refractivity contribution is 6.34. The van der Waals surface area contributed by atoms with Gasteiger partial charge in [0.05, 0.1) is 23.0 Å². The van der Waals surface area contributed by atoms with Gasteiger partial charge < -0.3 is 20.2 Å². The van der Waals surface area contributed by atoms with Crippen LogP contribution in [0.2, 0.25) is 5.02 Å². The molecule has 2 heterocycles. The van der Waals surface area contributed by atoms with Crippen LogP contribution in [0.4, 0.5) is 28.9 Å². The molecule has 0 unspecified atom stereocenters. The summed E-state index contributed by atoms with van der Waals surface area (Å²) < 4.78 is 53.6. The molecule has 0 saturated carbocycles. The molecule has 1 saturated heterocycles. The zero-order chi connectivity index (χ0) is 29.0. The molecule has 1 aliphatic rings. The maximum atomic E-state index is 13.7. The molecule has 214 valence electrons. The van der Waals surface area contributed by atoms with Gasteiger partial charge in [0.1, 0.15) is 17.4 Å². The first-order valence-corrected chi connectivity index (χ1v) is 13.1. The van der Waals surface area contributed by atoms with E-state index in [1.165, 1.54) is 31.3 Å². The third-order valence-corrected chi connectivity index (χ3v) is 7.17. The first-order valence-electron chi connectivity index (χ1n) is 12.7. The number of benzene rings is 2. The van der Waals surface area contributed by atoms with Crippen molar-refractivity contribution >= 4 is 28.9 Å². The third kappa shape index (κ3) is 6.59. The molecule has 0 spiro atoms. The molecule has 40 heavy (non-hydrogen) atoms. The number of aromatic nitrogens is 1. The second kappa shape index (κ2) is 12.3. The molecule has 2 N–H and O–H groups in total. The number of nitrogens with one attached hydrogen (secondary N) is 1.